The van der Waals surface area contributed by atoms with Gasteiger partial charge in [-0.1, -0.05) is 39.5 Å². The fourth-order valence-corrected chi connectivity index (χ4v) is 4.30. The van der Waals surface area contributed by atoms with E-state index in [-0.39, 0.29) is 23.1 Å². The molecular weight excluding hydrogens is 226 g/mol. The lowest BCUT2D eigenvalue weighted by Crippen LogP contribution is -2.55. The molecular formula is C15H25NO2. The summed E-state index contributed by atoms with van der Waals surface area (Å²) in [5, 5.41) is 2.55. The van der Waals surface area contributed by atoms with E-state index in [0.717, 1.165) is 25.7 Å². The lowest BCUT2D eigenvalue weighted by atomic mass is 9.55. The van der Waals surface area contributed by atoms with Crippen molar-refractivity contribution in [2.75, 3.05) is 0 Å². The third-order valence-electron chi connectivity index (χ3n) is 5.09. The number of nitrogens with one attached hydrogen (secondary N) is 1. The number of amides is 2. The first-order chi connectivity index (χ1) is 8.64. The van der Waals surface area contributed by atoms with Crippen molar-refractivity contribution in [3.05, 3.63) is 0 Å². The topological polar surface area (TPSA) is 46.2 Å². The Morgan fingerprint density at radius 2 is 2.06 bits per heavy atom. The van der Waals surface area contributed by atoms with Crippen LogP contribution in [0.2, 0.25) is 0 Å². The quantitative estimate of drug-likeness (QED) is 0.784. The molecule has 102 valence electrons. The number of piperidine rings is 1. The second-order valence-electron chi connectivity index (χ2n) is 6.01. The number of carbonyl (C=O) groups is 2. The second-order valence-corrected chi connectivity index (χ2v) is 6.01. The molecule has 3 atom stereocenters. The summed E-state index contributed by atoms with van der Waals surface area (Å²) in [5.41, 5.74) is -0.0254. The summed E-state index contributed by atoms with van der Waals surface area (Å²) in [6, 6.07) is 0. The van der Waals surface area contributed by atoms with E-state index < -0.39 is 0 Å². The van der Waals surface area contributed by atoms with Crippen molar-refractivity contribution in [2.45, 2.75) is 65.2 Å². The molecule has 2 rings (SSSR count). The van der Waals surface area contributed by atoms with Gasteiger partial charge in [-0.3, -0.25) is 14.9 Å². The molecule has 3 nitrogen and oxygen atoms in total. The first kappa shape index (κ1) is 13.6. The van der Waals surface area contributed by atoms with Crippen LogP contribution in [0.3, 0.4) is 0 Å². The second kappa shape index (κ2) is 5.41. The lowest BCUT2D eigenvalue weighted by Gasteiger charge is -2.50. The average Bonchev–Trinajstić information content (AvgIpc) is 2.34. The third kappa shape index (κ3) is 2.19. The highest BCUT2D eigenvalue weighted by molar-refractivity contribution is 5.99. The molecule has 1 saturated carbocycles. The Morgan fingerprint density at radius 1 is 1.28 bits per heavy atom. The van der Waals surface area contributed by atoms with Crippen molar-refractivity contribution < 1.29 is 9.59 Å². The molecule has 1 spiro atoms. The summed E-state index contributed by atoms with van der Waals surface area (Å²) in [5.74, 6) is 0.560. The fraction of sp³-hybridized carbons (Fsp3) is 0.867. The first-order valence-electron chi connectivity index (χ1n) is 7.47. The van der Waals surface area contributed by atoms with Crippen molar-refractivity contribution in [3.8, 4) is 0 Å². The molecule has 0 aromatic carbocycles. The van der Waals surface area contributed by atoms with Gasteiger partial charge in [0.1, 0.15) is 0 Å². The smallest absolute Gasteiger partial charge is 0.230 e. The fourth-order valence-electron chi connectivity index (χ4n) is 4.30. The third-order valence-corrected chi connectivity index (χ3v) is 5.09. The molecule has 0 aromatic heterocycles. The van der Waals surface area contributed by atoms with Crippen LogP contribution in [0.25, 0.3) is 0 Å². The summed E-state index contributed by atoms with van der Waals surface area (Å²) in [6.45, 7) is 4.33. The minimum atomic E-state index is -0.0484. The number of carbonyl (C=O) groups excluding carboxylic acids is 2. The molecule has 0 radical (unpaired) electrons. The molecule has 18 heavy (non-hydrogen) atoms. The standard InChI is InChI=1S/C15H25NO2/c1-3-7-12-14(18)16-13(17)10-15(12)9-6-5-8-11(15)4-2/h11-12H,3-10H2,1-2H3,(H,16,17,18). The molecule has 2 fully saturated rings. The average molecular weight is 251 g/mol. The van der Waals surface area contributed by atoms with E-state index in [2.05, 4.69) is 19.2 Å². The Balaban J connectivity index is 2.33. The van der Waals surface area contributed by atoms with Crippen molar-refractivity contribution in [3.63, 3.8) is 0 Å². The summed E-state index contributed by atoms with van der Waals surface area (Å²) >= 11 is 0. The van der Waals surface area contributed by atoms with Gasteiger partial charge in [0.15, 0.2) is 0 Å². The molecule has 0 aromatic rings. The van der Waals surface area contributed by atoms with E-state index in [1.807, 2.05) is 0 Å². The van der Waals surface area contributed by atoms with Crippen LogP contribution in [0.4, 0.5) is 0 Å². The first-order valence-corrected chi connectivity index (χ1v) is 7.47. The number of imide groups is 1. The van der Waals surface area contributed by atoms with Crippen LogP contribution in [0.15, 0.2) is 0 Å². The van der Waals surface area contributed by atoms with Gasteiger partial charge in [-0.15, -0.1) is 0 Å². The largest absolute Gasteiger partial charge is 0.296 e. The molecule has 1 saturated heterocycles. The molecule has 1 heterocycles. The van der Waals surface area contributed by atoms with E-state index in [0.29, 0.717) is 12.3 Å². The lowest BCUT2D eigenvalue weighted by molar-refractivity contribution is -0.149. The maximum absolute atomic E-state index is 12.2. The van der Waals surface area contributed by atoms with Crippen LogP contribution in [0.5, 0.6) is 0 Å². The minimum Gasteiger partial charge on any atom is -0.296 e. The van der Waals surface area contributed by atoms with Gasteiger partial charge in [-0.05, 0) is 30.6 Å². The van der Waals surface area contributed by atoms with Gasteiger partial charge in [-0.25, -0.2) is 0 Å². The maximum atomic E-state index is 12.2. The maximum Gasteiger partial charge on any atom is 0.230 e. The van der Waals surface area contributed by atoms with Crippen molar-refractivity contribution >= 4 is 11.8 Å². The molecule has 3 unspecified atom stereocenters. The van der Waals surface area contributed by atoms with Crippen molar-refractivity contribution in [2.24, 2.45) is 17.3 Å². The molecule has 2 amide bonds. The molecule has 3 heteroatoms. The van der Waals surface area contributed by atoms with Crippen LogP contribution in [-0.2, 0) is 9.59 Å². The van der Waals surface area contributed by atoms with Gasteiger partial charge in [-0.2, -0.15) is 0 Å². The Hall–Kier alpha value is -0.860. The minimum absolute atomic E-state index is 0.00606. The van der Waals surface area contributed by atoms with E-state index >= 15 is 0 Å². The summed E-state index contributed by atoms with van der Waals surface area (Å²) in [6.07, 6.45) is 8.31. The van der Waals surface area contributed by atoms with Crippen LogP contribution in [0.1, 0.15) is 65.2 Å². The highest BCUT2D eigenvalue weighted by Gasteiger charge is 2.52. The Bertz CT molecular complexity index is 339. The zero-order valence-corrected chi connectivity index (χ0v) is 11.6. The normalized spacial score (nSPS) is 36.8. The van der Waals surface area contributed by atoms with E-state index in [1.54, 1.807) is 0 Å². The molecule has 1 aliphatic carbocycles. The van der Waals surface area contributed by atoms with Gasteiger partial charge in [0.05, 0.1) is 0 Å². The van der Waals surface area contributed by atoms with Crippen molar-refractivity contribution in [1.29, 1.82) is 0 Å². The predicted molar refractivity (Wildman–Crippen MR) is 70.8 cm³/mol. The number of rotatable bonds is 3. The Labute approximate surface area is 110 Å². The van der Waals surface area contributed by atoms with Gasteiger partial charge < -0.3 is 0 Å². The zero-order valence-electron chi connectivity index (χ0n) is 11.6. The van der Waals surface area contributed by atoms with Gasteiger partial charge in [0.2, 0.25) is 11.8 Å². The van der Waals surface area contributed by atoms with Crippen LogP contribution >= 0.6 is 0 Å². The van der Waals surface area contributed by atoms with Gasteiger partial charge >= 0.3 is 0 Å². The van der Waals surface area contributed by atoms with Crippen LogP contribution < -0.4 is 5.32 Å². The van der Waals surface area contributed by atoms with E-state index in [9.17, 15) is 9.59 Å². The summed E-state index contributed by atoms with van der Waals surface area (Å²) < 4.78 is 0. The zero-order chi connectivity index (χ0) is 13.2. The van der Waals surface area contributed by atoms with E-state index in [4.69, 9.17) is 0 Å². The Kier molecular flexibility index (Phi) is 4.08. The number of hydrogen-bond acceptors (Lipinski definition) is 2. The Morgan fingerprint density at radius 3 is 2.72 bits per heavy atom. The SMILES string of the molecule is CCCC1C(=O)NC(=O)CC12CCCCC2CC. The molecule has 0 bridgehead atoms. The van der Waals surface area contributed by atoms with Crippen molar-refractivity contribution in [1.82, 2.24) is 5.32 Å². The predicted octanol–water partition coefficient (Wildman–Crippen LogP) is 3.04. The summed E-state index contributed by atoms with van der Waals surface area (Å²) in [7, 11) is 0. The molecule has 2 aliphatic rings. The monoisotopic (exact) mass is 251 g/mol. The van der Waals surface area contributed by atoms with Crippen LogP contribution in [0, 0.1) is 17.3 Å². The molecule has 1 N–H and O–H groups in total. The summed E-state index contributed by atoms with van der Waals surface area (Å²) in [4.78, 5) is 24.0. The van der Waals surface area contributed by atoms with Crippen LogP contribution in [-0.4, -0.2) is 11.8 Å². The number of hydrogen-bond donors (Lipinski definition) is 1. The molecule has 1 aliphatic heterocycles. The van der Waals surface area contributed by atoms with E-state index in [1.165, 1.54) is 19.3 Å². The highest BCUT2D eigenvalue weighted by atomic mass is 16.2. The van der Waals surface area contributed by atoms with Gasteiger partial charge in [0, 0.05) is 12.3 Å². The van der Waals surface area contributed by atoms with Gasteiger partial charge in [0.25, 0.3) is 0 Å². The highest BCUT2D eigenvalue weighted by Crippen LogP contribution is 2.53.